The summed E-state index contributed by atoms with van der Waals surface area (Å²) in [5.74, 6) is -1.53. The van der Waals surface area contributed by atoms with E-state index >= 15 is 0 Å². The molecule has 0 aliphatic rings. The fraction of sp³-hybridized carbons (Fsp3) is 0.667. The summed E-state index contributed by atoms with van der Waals surface area (Å²) < 4.78 is 0. The first-order valence-corrected chi connectivity index (χ1v) is 3.50. The number of hydrogen-bond acceptors (Lipinski definition) is 3. The standard InChI is InChI=1S/C3H8O3Si/c1-2-7(6)3(4)5/h2-6H,1H3. The Morgan fingerprint density at radius 1 is 1.57 bits per heavy atom. The second-order valence-electron chi connectivity index (χ2n) is 1.09. The number of aliphatic hydroxyl groups is 2. The normalized spacial score (nSPS) is 12.9. The second-order valence-corrected chi connectivity index (χ2v) is 3.03. The molecule has 0 aromatic rings. The molecule has 0 spiro atoms. The summed E-state index contributed by atoms with van der Waals surface area (Å²) in [6.07, 6.45) is 0. The molecule has 0 aliphatic carbocycles. The molecule has 3 nitrogen and oxygen atoms in total. The van der Waals surface area contributed by atoms with Crippen LogP contribution in [-0.4, -0.2) is 35.2 Å². The topological polar surface area (TPSA) is 60.7 Å². The van der Waals surface area contributed by atoms with Gasteiger partial charge in [-0.3, -0.25) is 0 Å². The maximum absolute atomic E-state index is 8.48. The fourth-order valence-electron chi connectivity index (χ4n) is 0.149. The van der Waals surface area contributed by atoms with Gasteiger partial charge in [0, 0.05) is 0 Å². The Labute approximate surface area is 43.2 Å². The molecule has 0 unspecified atom stereocenters. The average Bonchev–Trinajstić information content (AvgIpc) is 1.65. The minimum absolute atomic E-state index is 1.40. The van der Waals surface area contributed by atoms with E-state index in [-0.39, 0.29) is 0 Å². The molecule has 0 aromatic heterocycles. The summed E-state index contributed by atoms with van der Waals surface area (Å²) in [6.45, 7) is 1.59. The zero-order valence-corrected chi connectivity index (χ0v) is 5.00. The van der Waals surface area contributed by atoms with Gasteiger partial charge >= 0.3 is 0 Å². The number of hydrogen-bond donors (Lipinski definition) is 3. The van der Waals surface area contributed by atoms with Crippen LogP contribution < -0.4 is 0 Å². The van der Waals surface area contributed by atoms with Gasteiger partial charge in [-0.05, 0) is 6.92 Å². The van der Waals surface area contributed by atoms with E-state index in [0.717, 1.165) is 0 Å². The quantitative estimate of drug-likeness (QED) is 0.283. The predicted molar refractivity (Wildman–Crippen MR) is 27.9 cm³/mol. The molecule has 0 radical (unpaired) electrons. The van der Waals surface area contributed by atoms with Crippen molar-refractivity contribution in [3.8, 4) is 0 Å². The van der Waals surface area contributed by atoms with Crippen molar-refractivity contribution in [2.24, 2.45) is 0 Å². The van der Waals surface area contributed by atoms with Gasteiger partial charge in [-0.2, -0.15) is 0 Å². The van der Waals surface area contributed by atoms with E-state index in [1.165, 1.54) is 5.67 Å². The Morgan fingerprint density at radius 2 is 2.00 bits per heavy atom. The van der Waals surface area contributed by atoms with Crippen LogP contribution in [0.15, 0.2) is 0 Å². The Hall–Kier alpha value is -0.193. The molecule has 0 bridgehead atoms. The van der Waals surface area contributed by atoms with Crippen LogP contribution in [0, 0.1) is 0 Å². The minimum Gasteiger partial charge on any atom is -0.563 e. The molecule has 42 valence electrons. The van der Waals surface area contributed by atoms with Crippen LogP contribution in [0.4, 0.5) is 0 Å². The highest BCUT2D eigenvalue weighted by Crippen LogP contribution is 1.68. The lowest BCUT2D eigenvalue weighted by Crippen LogP contribution is -2.23. The first-order chi connectivity index (χ1) is 3.18. The maximum atomic E-state index is 8.48. The zero-order chi connectivity index (χ0) is 5.86. The van der Waals surface area contributed by atoms with Crippen LogP contribution in [0.1, 0.15) is 6.92 Å². The SMILES string of the molecule is CC=[Si](O)C(O)O. The van der Waals surface area contributed by atoms with E-state index in [9.17, 15) is 0 Å². The highest BCUT2D eigenvalue weighted by Gasteiger charge is 2.01. The summed E-state index contributed by atoms with van der Waals surface area (Å²) in [6, 6.07) is 0. The summed E-state index contributed by atoms with van der Waals surface area (Å²) in [5, 5.41) is 16.3. The van der Waals surface area contributed by atoms with Gasteiger partial charge in [0.1, 0.15) is 0 Å². The van der Waals surface area contributed by atoms with Crippen molar-refractivity contribution in [2.45, 2.75) is 12.8 Å². The molecular formula is C3H8O3Si. The molecule has 0 saturated heterocycles. The maximum Gasteiger partial charge on any atom is 0.287 e. The van der Waals surface area contributed by atoms with Crippen molar-refractivity contribution in [3.05, 3.63) is 0 Å². The van der Waals surface area contributed by atoms with Crippen molar-refractivity contribution in [1.82, 2.24) is 0 Å². The summed E-state index contributed by atoms with van der Waals surface area (Å²) in [5.41, 5.74) is 1.40. The molecule has 0 fully saturated rings. The minimum atomic E-state index is -1.96. The van der Waals surface area contributed by atoms with Gasteiger partial charge in [-0.15, -0.1) is 0 Å². The Balaban J connectivity index is 3.56. The Kier molecular flexibility index (Phi) is 2.82. The third-order valence-electron chi connectivity index (χ3n) is 0.560. The van der Waals surface area contributed by atoms with Gasteiger partial charge in [0.2, 0.25) is 0 Å². The van der Waals surface area contributed by atoms with Gasteiger partial charge in [-0.25, -0.2) is 0 Å². The highest BCUT2D eigenvalue weighted by molar-refractivity contribution is 6.59. The first kappa shape index (κ1) is 6.81. The molecular weight excluding hydrogens is 112 g/mol. The van der Waals surface area contributed by atoms with Gasteiger partial charge in [-0.1, -0.05) is 5.67 Å². The molecule has 0 aromatic carbocycles. The van der Waals surface area contributed by atoms with Crippen molar-refractivity contribution in [3.63, 3.8) is 0 Å². The number of aliphatic hydroxyl groups excluding tert-OH is 1. The zero-order valence-electron chi connectivity index (χ0n) is 4.00. The van der Waals surface area contributed by atoms with E-state index in [1.54, 1.807) is 6.92 Å². The molecule has 0 atom stereocenters. The van der Waals surface area contributed by atoms with Crippen molar-refractivity contribution < 1.29 is 15.0 Å². The van der Waals surface area contributed by atoms with E-state index in [0.29, 0.717) is 0 Å². The van der Waals surface area contributed by atoms with Gasteiger partial charge in [0.25, 0.3) is 8.65 Å². The molecule has 3 N–H and O–H groups in total. The van der Waals surface area contributed by atoms with Crippen LogP contribution in [-0.2, 0) is 0 Å². The lowest BCUT2D eigenvalue weighted by Gasteiger charge is -1.95. The molecule has 0 aliphatic heterocycles. The Bertz CT molecular complexity index is 78.2. The first-order valence-electron chi connectivity index (χ1n) is 1.89. The van der Waals surface area contributed by atoms with Crippen LogP contribution in [0.3, 0.4) is 0 Å². The summed E-state index contributed by atoms with van der Waals surface area (Å²) in [4.78, 5) is 8.48. The van der Waals surface area contributed by atoms with Crippen LogP contribution in [0.2, 0.25) is 0 Å². The van der Waals surface area contributed by atoms with Crippen molar-refractivity contribution in [2.75, 3.05) is 0 Å². The Morgan fingerprint density at radius 3 is 2.00 bits per heavy atom. The van der Waals surface area contributed by atoms with Crippen molar-refractivity contribution in [1.29, 1.82) is 0 Å². The monoisotopic (exact) mass is 120 g/mol. The van der Waals surface area contributed by atoms with Gasteiger partial charge in [0.05, 0.1) is 0 Å². The molecule has 4 heteroatoms. The van der Waals surface area contributed by atoms with Crippen LogP contribution in [0.25, 0.3) is 0 Å². The lowest BCUT2D eigenvalue weighted by molar-refractivity contribution is 0.0195. The molecule has 0 rings (SSSR count). The summed E-state index contributed by atoms with van der Waals surface area (Å²) >= 11 is 0. The predicted octanol–water partition coefficient (Wildman–Crippen LogP) is -1.78. The molecule has 0 heterocycles. The molecule has 7 heavy (non-hydrogen) atoms. The third kappa shape index (κ3) is 2.50. The van der Waals surface area contributed by atoms with E-state index in [1.807, 2.05) is 0 Å². The van der Waals surface area contributed by atoms with Crippen LogP contribution >= 0.6 is 0 Å². The number of rotatable bonds is 1. The van der Waals surface area contributed by atoms with E-state index in [2.05, 4.69) is 0 Å². The fourth-order valence-corrected chi connectivity index (χ4v) is 0.447. The van der Waals surface area contributed by atoms with Crippen LogP contribution in [0.5, 0.6) is 0 Å². The third-order valence-corrected chi connectivity index (χ3v) is 1.68. The van der Waals surface area contributed by atoms with E-state index in [4.69, 9.17) is 15.0 Å². The van der Waals surface area contributed by atoms with E-state index < -0.39 is 14.6 Å². The average molecular weight is 120 g/mol. The highest BCUT2D eigenvalue weighted by atomic mass is 28.3. The largest absolute Gasteiger partial charge is 0.563 e. The second kappa shape index (κ2) is 2.90. The summed E-state index contributed by atoms with van der Waals surface area (Å²) in [7, 11) is -1.96. The van der Waals surface area contributed by atoms with Gasteiger partial charge in [0.15, 0.2) is 5.91 Å². The lowest BCUT2D eigenvalue weighted by atomic mass is 11.0. The molecule has 0 amide bonds. The van der Waals surface area contributed by atoms with Gasteiger partial charge < -0.3 is 15.0 Å². The molecule has 0 saturated carbocycles. The van der Waals surface area contributed by atoms with Crippen molar-refractivity contribution >= 4 is 14.3 Å². The smallest absolute Gasteiger partial charge is 0.287 e.